The van der Waals surface area contributed by atoms with Crippen molar-refractivity contribution in [2.75, 3.05) is 4.90 Å². The zero-order valence-electron chi connectivity index (χ0n) is 15.9. The summed E-state index contributed by atoms with van der Waals surface area (Å²) in [6.45, 7) is 5.34. The van der Waals surface area contributed by atoms with Crippen molar-refractivity contribution in [1.29, 1.82) is 10.5 Å². The second-order valence-electron chi connectivity index (χ2n) is 6.50. The first-order valence-corrected chi connectivity index (χ1v) is 8.83. The van der Waals surface area contributed by atoms with Crippen molar-refractivity contribution in [1.82, 2.24) is 9.78 Å². The summed E-state index contributed by atoms with van der Waals surface area (Å²) in [5.41, 5.74) is 3.81. The summed E-state index contributed by atoms with van der Waals surface area (Å²) < 4.78 is 1.73. The highest BCUT2D eigenvalue weighted by molar-refractivity contribution is 6.01. The lowest BCUT2D eigenvalue weighted by Gasteiger charge is -2.19. The maximum absolute atomic E-state index is 13.1. The molecular weight excluding hydrogens is 350 g/mol. The molecule has 0 fully saturated rings. The molecule has 0 spiro atoms. The van der Waals surface area contributed by atoms with E-state index in [0.29, 0.717) is 28.2 Å². The predicted molar refractivity (Wildman–Crippen MR) is 106 cm³/mol. The van der Waals surface area contributed by atoms with E-state index in [1.807, 2.05) is 43.4 Å². The Hall–Kier alpha value is -3.90. The fourth-order valence-electron chi connectivity index (χ4n) is 3.20. The molecule has 1 heterocycles. The molecule has 0 saturated carbocycles. The minimum absolute atomic E-state index is 0.364. The van der Waals surface area contributed by atoms with Gasteiger partial charge in [-0.3, -0.25) is 4.79 Å². The molecule has 2 aromatic carbocycles. The summed E-state index contributed by atoms with van der Waals surface area (Å²) >= 11 is 0. The third-order valence-electron chi connectivity index (χ3n) is 4.68. The number of anilines is 1. The number of carbonyl (C=O) groups excluding carboxylic acids is 1. The minimum Gasteiger partial charge on any atom is -0.273 e. The van der Waals surface area contributed by atoms with Gasteiger partial charge in [-0.15, -0.1) is 0 Å². The van der Waals surface area contributed by atoms with Gasteiger partial charge in [0.05, 0.1) is 34.6 Å². The molecule has 0 aliphatic rings. The number of hydrogen-bond donors (Lipinski definition) is 0. The first-order chi connectivity index (χ1) is 13.5. The van der Waals surface area contributed by atoms with Crippen LogP contribution in [0.3, 0.4) is 0 Å². The Bertz CT molecular complexity index is 1100. The first kappa shape index (κ1) is 18.9. The normalized spacial score (nSPS) is 11.3. The Labute approximate surface area is 163 Å². The van der Waals surface area contributed by atoms with Crippen molar-refractivity contribution in [3.63, 3.8) is 0 Å². The highest BCUT2D eigenvalue weighted by Gasteiger charge is 2.28. The molecule has 0 radical (unpaired) electrons. The van der Waals surface area contributed by atoms with Crippen molar-refractivity contribution in [2.45, 2.75) is 26.7 Å². The lowest BCUT2D eigenvalue weighted by molar-refractivity contribution is -0.119. The van der Waals surface area contributed by atoms with Crippen molar-refractivity contribution < 1.29 is 4.79 Å². The summed E-state index contributed by atoms with van der Waals surface area (Å²) in [4.78, 5) is 14.2. The van der Waals surface area contributed by atoms with Crippen LogP contribution in [0, 0.1) is 36.6 Å². The second kappa shape index (κ2) is 7.77. The second-order valence-corrected chi connectivity index (χ2v) is 6.50. The molecule has 6 heteroatoms. The Kier molecular flexibility index (Phi) is 5.24. The molecule has 0 aliphatic carbocycles. The summed E-state index contributed by atoms with van der Waals surface area (Å²) in [7, 11) is 0. The zero-order valence-corrected chi connectivity index (χ0v) is 15.9. The summed E-state index contributed by atoms with van der Waals surface area (Å²) in [6, 6.07) is 18.5. The largest absolute Gasteiger partial charge is 0.273 e. The number of aromatic nitrogens is 2. The predicted octanol–water partition coefficient (Wildman–Crippen LogP) is 3.98. The van der Waals surface area contributed by atoms with Gasteiger partial charge < -0.3 is 0 Å². The molecule has 6 nitrogen and oxygen atoms in total. The number of benzene rings is 2. The number of para-hydroxylation sites is 1. The maximum Gasteiger partial charge on any atom is 0.247 e. The maximum atomic E-state index is 13.1. The van der Waals surface area contributed by atoms with Crippen LogP contribution in [0.5, 0.6) is 0 Å². The van der Waals surface area contributed by atoms with Crippen molar-refractivity contribution in [3.8, 4) is 17.9 Å². The van der Waals surface area contributed by atoms with Crippen LogP contribution < -0.4 is 4.90 Å². The van der Waals surface area contributed by atoms with Crippen LogP contribution in [0.25, 0.3) is 5.69 Å². The molecule has 0 saturated heterocycles. The van der Waals surface area contributed by atoms with Crippen LogP contribution in [-0.2, 0) is 4.79 Å². The van der Waals surface area contributed by atoms with Crippen LogP contribution in [0.4, 0.5) is 5.69 Å². The molecule has 1 aromatic heterocycles. The van der Waals surface area contributed by atoms with Gasteiger partial charge >= 0.3 is 0 Å². The van der Waals surface area contributed by atoms with Gasteiger partial charge in [0.25, 0.3) is 0 Å². The van der Waals surface area contributed by atoms with Crippen molar-refractivity contribution >= 4 is 11.6 Å². The molecule has 1 atom stereocenters. The average Bonchev–Trinajstić information content (AvgIpc) is 3.03. The molecule has 0 N–H and O–H groups in total. The fourth-order valence-corrected chi connectivity index (χ4v) is 3.20. The van der Waals surface area contributed by atoms with Gasteiger partial charge in [0.1, 0.15) is 5.69 Å². The lowest BCUT2D eigenvalue weighted by atomic mass is 9.97. The van der Waals surface area contributed by atoms with E-state index in [1.54, 1.807) is 42.8 Å². The van der Waals surface area contributed by atoms with Crippen LogP contribution in [0.2, 0.25) is 0 Å². The first-order valence-electron chi connectivity index (χ1n) is 8.83. The number of nitrogens with zero attached hydrogens (tertiary/aromatic N) is 5. The van der Waals surface area contributed by atoms with E-state index in [4.69, 9.17) is 5.26 Å². The smallest absolute Gasteiger partial charge is 0.247 e. The summed E-state index contributed by atoms with van der Waals surface area (Å²) in [5.74, 6) is -0.941. The van der Waals surface area contributed by atoms with Crippen molar-refractivity contribution in [3.05, 3.63) is 77.1 Å². The number of hydrogen-bond acceptors (Lipinski definition) is 4. The standard InChI is InChI=1S/C22H19N5O/c1-15(19-9-7-8-18(12-19)13-23)22(28)26(14-24)21-16(2)25-27(17(21)3)20-10-5-4-6-11-20/h4-12,15H,1-3H3. The molecule has 28 heavy (non-hydrogen) atoms. The summed E-state index contributed by atoms with van der Waals surface area (Å²) in [5, 5.41) is 23.4. The van der Waals surface area contributed by atoms with Gasteiger partial charge in [0.2, 0.25) is 5.91 Å². The molecule has 0 aliphatic heterocycles. The van der Waals surface area contributed by atoms with Gasteiger partial charge in [0.15, 0.2) is 6.19 Å². The van der Waals surface area contributed by atoms with Gasteiger partial charge in [-0.25, -0.2) is 9.58 Å². The van der Waals surface area contributed by atoms with E-state index in [9.17, 15) is 10.1 Å². The molecule has 3 aromatic rings. The quantitative estimate of drug-likeness (QED) is 0.514. The Balaban J connectivity index is 2.00. The molecule has 138 valence electrons. The topological polar surface area (TPSA) is 85.7 Å². The van der Waals surface area contributed by atoms with Crippen molar-refractivity contribution in [2.24, 2.45) is 0 Å². The number of nitriles is 2. The van der Waals surface area contributed by atoms with Crippen LogP contribution >= 0.6 is 0 Å². The molecule has 1 unspecified atom stereocenters. The molecule has 3 rings (SSSR count). The van der Waals surface area contributed by atoms with E-state index < -0.39 is 5.92 Å². The number of carbonyl (C=O) groups is 1. The Morgan fingerprint density at radius 2 is 1.82 bits per heavy atom. The van der Waals surface area contributed by atoms with E-state index in [0.717, 1.165) is 10.6 Å². The Morgan fingerprint density at radius 1 is 1.11 bits per heavy atom. The van der Waals surface area contributed by atoms with E-state index in [-0.39, 0.29) is 5.91 Å². The highest BCUT2D eigenvalue weighted by atomic mass is 16.2. The SMILES string of the molecule is Cc1nn(-c2ccccc2)c(C)c1N(C#N)C(=O)C(C)c1cccc(C#N)c1. The number of amides is 1. The fraction of sp³-hybridized carbons (Fsp3) is 0.182. The number of aryl methyl sites for hydroxylation is 1. The van der Waals surface area contributed by atoms with Crippen LogP contribution in [0.15, 0.2) is 54.6 Å². The monoisotopic (exact) mass is 369 g/mol. The third-order valence-corrected chi connectivity index (χ3v) is 4.68. The minimum atomic E-state index is -0.577. The van der Waals surface area contributed by atoms with Gasteiger partial charge in [-0.2, -0.15) is 15.6 Å². The lowest BCUT2D eigenvalue weighted by Crippen LogP contribution is -2.31. The third kappa shape index (κ3) is 3.36. The van der Waals surface area contributed by atoms with Gasteiger partial charge in [0, 0.05) is 0 Å². The van der Waals surface area contributed by atoms with E-state index in [2.05, 4.69) is 11.2 Å². The van der Waals surface area contributed by atoms with Crippen LogP contribution in [0.1, 0.15) is 35.4 Å². The Morgan fingerprint density at radius 3 is 2.46 bits per heavy atom. The molecule has 1 amide bonds. The highest BCUT2D eigenvalue weighted by Crippen LogP contribution is 2.29. The average molecular weight is 369 g/mol. The van der Waals surface area contributed by atoms with Gasteiger partial charge in [-0.05, 0) is 50.6 Å². The number of rotatable bonds is 4. The molecule has 0 bridgehead atoms. The summed E-state index contributed by atoms with van der Waals surface area (Å²) in [6.07, 6.45) is 2.01. The zero-order chi connectivity index (χ0) is 20.3. The van der Waals surface area contributed by atoms with Crippen LogP contribution in [-0.4, -0.2) is 15.7 Å². The van der Waals surface area contributed by atoms with E-state index in [1.165, 1.54) is 0 Å². The van der Waals surface area contributed by atoms with Gasteiger partial charge in [-0.1, -0.05) is 30.3 Å². The van der Waals surface area contributed by atoms with E-state index >= 15 is 0 Å². The molecular formula is C22H19N5O.